The van der Waals surface area contributed by atoms with Crippen LogP contribution in [0.25, 0.3) is 6.08 Å². The first kappa shape index (κ1) is 16.2. The Morgan fingerprint density at radius 1 is 1.43 bits per heavy atom. The number of thiazole rings is 1. The van der Waals surface area contributed by atoms with Crippen LogP contribution in [0.3, 0.4) is 0 Å². The van der Waals surface area contributed by atoms with E-state index in [-0.39, 0.29) is 11.3 Å². The second kappa shape index (κ2) is 7.72. The molecule has 0 unspecified atom stereocenters. The first-order chi connectivity index (χ1) is 11.1. The Kier molecular flexibility index (Phi) is 5.44. The molecule has 8 heteroatoms. The Morgan fingerprint density at radius 3 is 2.87 bits per heavy atom. The van der Waals surface area contributed by atoms with E-state index in [1.165, 1.54) is 23.6 Å². The number of rotatable bonds is 6. The number of carboxylic acid groups (broad SMARTS) is 1. The lowest BCUT2D eigenvalue weighted by atomic mass is 10.1. The van der Waals surface area contributed by atoms with Crippen LogP contribution < -0.4 is 10.1 Å². The molecule has 7 nitrogen and oxygen atoms in total. The molecule has 23 heavy (non-hydrogen) atoms. The Hall–Kier alpha value is -3.18. The molecule has 2 rings (SSSR count). The second-order valence-corrected chi connectivity index (χ2v) is 5.08. The van der Waals surface area contributed by atoms with Crippen LogP contribution in [0.4, 0.5) is 5.13 Å². The van der Waals surface area contributed by atoms with Gasteiger partial charge < -0.3 is 9.84 Å². The lowest BCUT2D eigenvalue weighted by Crippen LogP contribution is -2.13. The fourth-order valence-electron chi connectivity index (χ4n) is 1.62. The summed E-state index contributed by atoms with van der Waals surface area (Å²) in [6.07, 6.45) is 2.87. The molecule has 1 amide bonds. The molecule has 0 aliphatic rings. The zero-order valence-electron chi connectivity index (χ0n) is 11.7. The van der Waals surface area contributed by atoms with Crippen LogP contribution in [-0.4, -0.2) is 28.6 Å². The number of nitrogens with zero attached hydrogens (tertiary/aromatic N) is 2. The zero-order valence-corrected chi connectivity index (χ0v) is 12.5. The van der Waals surface area contributed by atoms with Crippen LogP contribution in [0.2, 0.25) is 0 Å². The van der Waals surface area contributed by atoms with Gasteiger partial charge in [0.1, 0.15) is 17.4 Å². The highest BCUT2D eigenvalue weighted by atomic mass is 32.1. The van der Waals surface area contributed by atoms with Crippen molar-refractivity contribution in [1.29, 1.82) is 5.26 Å². The summed E-state index contributed by atoms with van der Waals surface area (Å²) in [5.74, 6) is -1.45. The van der Waals surface area contributed by atoms with Crippen molar-refractivity contribution in [3.8, 4) is 11.8 Å². The van der Waals surface area contributed by atoms with Gasteiger partial charge in [-0.3, -0.25) is 10.1 Å². The number of para-hydroxylation sites is 1. The second-order valence-electron chi connectivity index (χ2n) is 4.18. The van der Waals surface area contributed by atoms with E-state index in [1.807, 2.05) is 6.07 Å². The Bertz CT molecular complexity index is 778. The van der Waals surface area contributed by atoms with Gasteiger partial charge >= 0.3 is 5.97 Å². The van der Waals surface area contributed by atoms with Crippen LogP contribution in [-0.2, 0) is 9.59 Å². The van der Waals surface area contributed by atoms with Crippen molar-refractivity contribution in [2.24, 2.45) is 0 Å². The van der Waals surface area contributed by atoms with E-state index >= 15 is 0 Å². The lowest BCUT2D eigenvalue weighted by Gasteiger charge is -2.07. The van der Waals surface area contributed by atoms with Crippen molar-refractivity contribution in [2.75, 3.05) is 11.9 Å². The summed E-state index contributed by atoms with van der Waals surface area (Å²) < 4.78 is 5.13. The molecular formula is C15H11N3O4S. The number of amides is 1. The van der Waals surface area contributed by atoms with Gasteiger partial charge in [0.2, 0.25) is 0 Å². The molecule has 0 spiro atoms. The summed E-state index contributed by atoms with van der Waals surface area (Å²) >= 11 is 1.23. The summed E-state index contributed by atoms with van der Waals surface area (Å²) in [6, 6.07) is 8.33. The molecule has 0 saturated carbocycles. The van der Waals surface area contributed by atoms with E-state index in [9.17, 15) is 9.59 Å². The minimum Gasteiger partial charge on any atom is -0.481 e. The number of nitrogens with one attached hydrogen (secondary N) is 1. The predicted octanol–water partition coefficient (Wildman–Crippen LogP) is 2.15. The molecule has 0 radical (unpaired) electrons. The smallest absolute Gasteiger partial charge is 0.341 e. The van der Waals surface area contributed by atoms with E-state index in [0.717, 1.165) is 0 Å². The number of aromatic nitrogens is 1. The first-order valence-electron chi connectivity index (χ1n) is 6.36. The van der Waals surface area contributed by atoms with E-state index < -0.39 is 18.5 Å². The molecule has 1 aromatic heterocycles. The Morgan fingerprint density at radius 2 is 2.22 bits per heavy atom. The van der Waals surface area contributed by atoms with Gasteiger partial charge in [0, 0.05) is 17.1 Å². The molecule has 0 bridgehead atoms. The standard InChI is InChI=1S/C15H11N3O4S/c16-8-11(14(21)18-15-17-5-6-23-15)7-10-3-1-2-4-12(10)22-9-13(19)20/h1-7H,9H2,(H,19,20)(H,17,18,21)/b11-7+. The molecule has 2 N–H and O–H groups in total. The zero-order chi connectivity index (χ0) is 16.7. The number of carbonyl (C=O) groups is 2. The molecule has 0 aliphatic heterocycles. The number of ether oxygens (including phenoxy) is 1. The van der Waals surface area contributed by atoms with Crippen LogP contribution in [0.5, 0.6) is 5.75 Å². The third kappa shape index (κ3) is 4.66. The van der Waals surface area contributed by atoms with Crippen LogP contribution in [0.15, 0.2) is 41.4 Å². The van der Waals surface area contributed by atoms with E-state index in [4.69, 9.17) is 15.1 Å². The van der Waals surface area contributed by atoms with Gasteiger partial charge in [-0.05, 0) is 12.1 Å². The Labute approximate surface area is 135 Å². The number of anilines is 1. The molecule has 0 aliphatic carbocycles. The number of carbonyl (C=O) groups excluding carboxylic acids is 1. The third-order valence-electron chi connectivity index (χ3n) is 2.59. The molecule has 0 atom stereocenters. The summed E-state index contributed by atoms with van der Waals surface area (Å²) in [4.78, 5) is 26.5. The molecule has 1 aromatic carbocycles. The maximum absolute atomic E-state index is 12.1. The van der Waals surface area contributed by atoms with E-state index in [1.54, 1.807) is 29.6 Å². The number of carboxylic acids is 1. The third-order valence-corrected chi connectivity index (χ3v) is 3.28. The summed E-state index contributed by atoms with van der Waals surface area (Å²) in [5.41, 5.74) is 0.283. The predicted molar refractivity (Wildman–Crippen MR) is 83.9 cm³/mol. The van der Waals surface area contributed by atoms with Crippen molar-refractivity contribution >= 4 is 34.4 Å². The maximum atomic E-state index is 12.1. The monoisotopic (exact) mass is 329 g/mol. The molecule has 116 valence electrons. The van der Waals surface area contributed by atoms with Gasteiger partial charge in [-0.1, -0.05) is 18.2 Å². The topological polar surface area (TPSA) is 112 Å². The highest BCUT2D eigenvalue weighted by Gasteiger charge is 2.12. The van der Waals surface area contributed by atoms with Gasteiger partial charge in [0.15, 0.2) is 11.7 Å². The average Bonchev–Trinajstić information content (AvgIpc) is 3.04. The fraction of sp³-hybridized carbons (Fsp3) is 0.0667. The summed E-state index contributed by atoms with van der Waals surface area (Å²) in [7, 11) is 0. The van der Waals surface area contributed by atoms with Gasteiger partial charge in [-0.2, -0.15) is 5.26 Å². The average molecular weight is 329 g/mol. The van der Waals surface area contributed by atoms with Crippen LogP contribution in [0, 0.1) is 11.3 Å². The molecule has 2 aromatic rings. The van der Waals surface area contributed by atoms with Crippen molar-refractivity contribution in [3.63, 3.8) is 0 Å². The van der Waals surface area contributed by atoms with Crippen LogP contribution in [0.1, 0.15) is 5.56 Å². The fourth-order valence-corrected chi connectivity index (χ4v) is 2.15. The highest BCUT2D eigenvalue weighted by molar-refractivity contribution is 7.13. The number of aliphatic carboxylic acids is 1. The van der Waals surface area contributed by atoms with Crippen molar-refractivity contribution in [2.45, 2.75) is 0 Å². The largest absolute Gasteiger partial charge is 0.481 e. The number of hydrogen-bond acceptors (Lipinski definition) is 6. The van der Waals surface area contributed by atoms with Gasteiger partial charge in [0.25, 0.3) is 5.91 Å². The van der Waals surface area contributed by atoms with Gasteiger partial charge in [-0.15, -0.1) is 11.3 Å². The SMILES string of the molecule is N#C/C(=C\c1ccccc1OCC(=O)O)C(=O)Nc1nccs1. The molecule has 1 heterocycles. The minimum absolute atomic E-state index is 0.147. The Balaban J connectivity index is 2.22. The van der Waals surface area contributed by atoms with Crippen LogP contribution >= 0.6 is 11.3 Å². The highest BCUT2D eigenvalue weighted by Crippen LogP contribution is 2.21. The molecular weight excluding hydrogens is 318 g/mol. The van der Waals surface area contributed by atoms with Crippen molar-refractivity contribution < 1.29 is 19.4 Å². The van der Waals surface area contributed by atoms with Crippen molar-refractivity contribution in [1.82, 2.24) is 4.98 Å². The summed E-state index contributed by atoms with van der Waals surface area (Å²) in [6.45, 7) is -0.516. The minimum atomic E-state index is -1.12. The lowest BCUT2D eigenvalue weighted by molar-refractivity contribution is -0.139. The maximum Gasteiger partial charge on any atom is 0.341 e. The molecule has 0 fully saturated rings. The van der Waals surface area contributed by atoms with Gasteiger partial charge in [0.05, 0.1) is 0 Å². The number of hydrogen-bond donors (Lipinski definition) is 2. The van der Waals surface area contributed by atoms with E-state index in [0.29, 0.717) is 10.7 Å². The van der Waals surface area contributed by atoms with Gasteiger partial charge in [-0.25, -0.2) is 9.78 Å². The van der Waals surface area contributed by atoms with E-state index in [2.05, 4.69) is 10.3 Å². The normalized spacial score (nSPS) is 10.7. The molecule has 0 saturated heterocycles. The summed E-state index contributed by atoms with van der Waals surface area (Å²) in [5, 5.41) is 22.4. The van der Waals surface area contributed by atoms with Crippen molar-refractivity contribution in [3.05, 3.63) is 47.0 Å². The number of benzene rings is 1. The first-order valence-corrected chi connectivity index (χ1v) is 7.24. The number of nitriles is 1. The quantitative estimate of drug-likeness (QED) is 0.620.